The fourth-order valence-corrected chi connectivity index (χ4v) is 4.43. The number of hydrogen-bond acceptors (Lipinski definition) is 5. The second-order valence-electron chi connectivity index (χ2n) is 7.97. The van der Waals surface area contributed by atoms with E-state index in [4.69, 9.17) is 14.2 Å². The Hall–Kier alpha value is -3.54. The highest BCUT2D eigenvalue weighted by atomic mass is 16.6. The second-order valence-corrected chi connectivity index (χ2v) is 7.97. The molecule has 1 spiro atoms. The first kappa shape index (κ1) is 19.4. The van der Waals surface area contributed by atoms with Gasteiger partial charge in [-0.05, 0) is 37.1 Å². The number of fused-ring (bicyclic) bond motifs is 2. The number of para-hydroxylation sites is 1. The highest BCUT2D eigenvalue weighted by molar-refractivity contribution is 6.11. The van der Waals surface area contributed by atoms with Crippen LogP contribution in [0, 0.1) is 6.92 Å². The van der Waals surface area contributed by atoms with Crippen molar-refractivity contribution in [2.45, 2.75) is 25.8 Å². The quantitative estimate of drug-likeness (QED) is 0.759. The third kappa shape index (κ3) is 2.93. The van der Waals surface area contributed by atoms with E-state index in [0.717, 1.165) is 22.5 Å². The van der Waals surface area contributed by atoms with Crippen LogP contribution in [-0.2, 0) is 31.0 Å². The molecule has 0 radical (unpaired) electrons. The van der Waals surface area contributed by atoms with Crippen molar-refractivity contribution >= 4 is 11.6 Å². The number of allylic oxidation sites excluding steroid dienone is 3. The number of carbonyl (C=O) groups is 1. The molecule has 6 heteroatoms. The topological polar surface area (TPSA) is 60.9 Å². The molecule has 0 aliphatic carbocycles. The van der Waals surface area contributed by atoms with E-state index < -0.39 is 5.41 Å². The summed E-state index contributed by atoms with van der Waals surface area (Å²) < 4.78 is 17.3. The van der Waals surface area contributed by atoms with Gasteiger partial charge < -0.3 is 19.1 Å². The third-order valence-corrected chi connectivity index (χ3v) is 6.22. The Kier molecular flexibility index (Phi) is 4.58. The SMILES string of the molecule is C=C1C(=CC2=C(C)OCCO2)OCC12C(=O)N(Cc1ncccc1C)c1ccccc12. The number of carbonyl (C=O) groups excluding carboxylic acids is 1. The van der Waals surface area contributed by atoms with Crippen LogP contribution in [0.2, 0.25) is 0 Å². The smallest absolute Gasteiger partial charge is 0.246 e. The van der Waals surface area contributed by atoms with Crippen molar-refractivity contribution in [2.24, 2.45) is 0 Å². The Bertz CT molecular complexity index is 1150. The van der Waals surface area contributed by atoms with E-state index >= 15 is 0 Å². The maximum atomic E-state index is 13.9. The Morgan fingerprint density at radius 1 is 1.13 bits per heavy atom. The number of nitrogens with zero attached hydrogens (tertiary/aromatic N) is 2. The Morgan fingerprint density at radius 3 is 2.74 bits per heavy atom. The van der Waals surface area contributed by atoms with Crippen LogP contribution >= 0.6 is 0 Å². The van der Waals surface area contributed by atoms with Crippen molar-refractivity contribution in [1.29, 1.82) is 0 Å². The molecule has 1 amide bonds. The molecule has 2 aromatic rings. The van der Waals surface area contributed by atoms with Gasteiger partial charge in [0.2, 0.25) is 5.91 Å². The fraction of sp³-hybridized carbons (Fsp3) is 0.280. The molecule has 1 aromatic heterocycles. The summed E-state index contributed by atoms with van der Waals surface area (Å²) in [5.74, 6) is 1.82. The summed E-state index contributed by atoms with van der Waals surface area (Å²) in [5.41, 5.74) is 3.39. The van der Waals surface area contributed by atoms with E-state index in [1.807, 2.05) is 50.2 Å². The summed E-state index contributed by atoms with van der Waals surface area (Å²) >= 11 is 0. The van der Waals surface area contributed by atoms with Crippen molar-refractivity contribution in [3.8, 4) is 0 Å². The molecule has 1 atom stereocenters. The first-order chi connectivity index (χ1) is 15.0. The van der Waals surface area contributed by atoms with Gasteiger partial charge in [-0.1, -0.05) is 30.8 Å². The van der Waals surface area contributed by atoms with Gasteiger partial charge in [0.15, 0.2) is 5.76 Å². The molecule has 1 saturated heterocycles. The van der Waals surface area contributed by atoms with Crippen molar-refractivity contribution < 1.29 is 19.0 Å². The van der Waals surface area contributed by atoms with Gasteiger partial charge in [-0.25, -0.2) is 0 Å². The van der Waals surface area contributed by atoms with Gasteiger partial charge in [0.1, 0.15) is 36.8 Å². The van der Waals surface area contributed by atoms with Crippen LogP contribution in [0.4, 0.5) is 5.69 Å². The predicted octanol–water partition coefficient (Wildman–Crippen LogP) is 3.92. The number of aryl methyl sites for hydroxylation is 1. The van der Waals surface area contributed by atoms with E-state index in [1.165, 1.54) is 0 Å². The number of hydrogen-bond donors (Lipinski definition) is 0. The van der Waals surface area contributed by atoms with Gasteiger partial charge in [-0.2, -0.15) is 0 Å². The fourth-order valence-electron chi connectivity index (χ4n) is 4.43. The normalized spacial score (nSPS) is 23.8. The highest BCUT2D eigenvalue weighted by Crippen LogP contribution is 2.52. The average Bonchev–Trinajstić information content (AvgIpc) is 3.22. The van der Waals surface area contributed by atoms with Crippen LogP contribution in [-0.4, -0.2) is 30.7 Å². The molecule has 5 rings (SSSR count). The standard InChI is InChI=1S/C25H24N2O4/c1-16-7-6-10-26-20(16)14-27-21-9-5-4-8-19(21)25(24(27)28)15-31-22(17(25)2)13-23-18(3)29-11-12-30-23/h4-10,13H,2,11-12,14-15H2,1,3H3. The highest BCUT2D eigenvalue weighted by Gasteiger charge is 2.57. The predicted molar refractivity (Wildman–Crippen MR) is 116 cm³/mol. The molecule has 158 valence electrons. The summed E-state index contributed by atoms with van der Waals surface area (Å²) in [6, 6.07) is 11.8. The zero-order chi connectivity index (χ0) is 21.6. The largest absolute Gasteiger partial charge is 0.491 e. The number of aromatic nitrogens is 1. The summed E-state index contributed by atoms with van der Waals surface area (Å²) in [6.45, 7) is 9.77. The molecule has 0 saturated carbocycles. The minimum Gasteiger partial charge on any atom is -0.491 e. The molecule has 6 nitrogen and oxygen atoms in total. The summed E-state index contributed by atoms with van der Waals surface area (Å²) in [4.78, 5) is 20.2. The summed E-state index contributed by atoms with van der Waals surface area (Å²) in [5, 5.41) is 0. The second kappa shape index (κ2) is 7.30. The molecule has 31 heavy (non-hydrogen) atoms. The number of rotatable bonds is 3. The van der Waals surface area contributed by atoms with Gasteiger partial charge in [-0.3, -0.25) is 9.78 Å². The molecule has 1 fully saturated rings. The van der Waals surface area contributed by atoms with E-state index in [0.29, 0.717) is 42.6 Å². The molecule has 4 heterocycles. The number of anilines is 1. The minimum absolute atomic E-state index is 0.0429. The van der Waals surface area contributed by atoms with Gasteiger partial charge in [0.05, 0.1) is 12.2 Å². The van der Waals surface area contributed by atoms with E-state index in [2.05, 4.69) is 11.6 Å². The van der Waals surface area contributed by atoms with E-state index in [9.17, 15) is 4.79 Å². The van der Waals surface area contributed by atoms with Gasteiger partial charge in [-0.15, -0.1) is 0 Å². The van der Waals surface area contributed by atoms with Gasteiger partial charge >= 0.3 is 0 Å². The lowest BCUT2D eigenvalue weighted by atomic mass is 9.77. The molecule has 1 aromatic carbocycles. The molecule has 3 aliphatic heterocycles. The van der Waals surface area contributed by atoms with Gasteiger partial charge in [0, 0.05) is 23.5 Å². The number of amides is 1. The van der Waals surface area contributed by atoms with E-state index in [1.54, 1.807) is 17.2 Å². The van der Waals surface area contributed by atoms with Crippen molar-refractivity contribution in [3.63, 3.8) is 0 Å². The Balaban J connectivity index is 1.55. The lowest BCUT2D eigenvalue weighted by molar-refractivity contribution is -0.122. The van der Waals surface area contributed by atoms with Crippen LogP contribution < -0.4 is 4.90 Å². The minimum atomic E-state index is -0.949. The molecule has 3 aliphatic rings. The van der Waals surface area contributed by atoms with Crippen molar-refractivity contribution in [1.82, 2.24) is 4.98 Å². The zero-order valence-electron chi connectivity index (χ0n) is 17.7. The first-order valence-corrected chi connectivity index (χ1v) is 10.3. The number of ether oxygens (including phenoxy) is 3. The van der Waals surface area contributed by atoms with Crippen LogP contribution in [0.5, 0.6) is 0 Å². The summed E-state index contributed by atoms with van der Waals surface area (Å²) in [6.07, 6.45) is 3.54. The van der Waals surface area contributed by atoms with Crippen LogP contribution in [0.15, 0.2) is 78.1 Å². The molecule has 1 unspecified atom stereocenters. The third-order valence-electron chi connectivity index (χ3n) is 6.22. The molecular formula is C25H24N2O4. The molecule has 0 bridgehead atoms. The lowest BCUT2D eigenvalue weighted by Gasteiger charge is -2.23. The molecular weight excluding hydrogens is 392 g/mol. The van der Waals surface area contributed by atoms with Crippen molar-refractivity contribution in [2.75, 3.05) is 24.7 Å². The summed E-state index contributed by atoms with van der Waals surface area (Å²) in [7, 11) is 0. The Labute approximate surface area is 181 Å². The zero-order valence-corrected chi connectivity index (χ0v) is 17.7. The van der Waals surface area contributed by atoms with E-state index in [-0.39, 0.29) is 12.5 Å². The maximum absolute atomic E-state index is 13.9. The Morgan fingerprint density at radius 2 is 1.94 bits per heavy atom. The van der Waals surface area contributed by atoms with Crippen LogP contribution in [0.25, 0.3) is 0 Å². The maximum Gasteiger partial charge on any atom is 0.246 e. The number of pyridine rings is 1. The monoisotopic (exact) mass is 416 g/mol. The number of benzene rings is 1. The lowest BCUT2D eigenvalue weighted by Crippen LogP contribution is -2.41. The van der Waals surface area contributed by atoms with Crippen LogP contribution in [0.3, 0.4) is 0 Å². The average molecular weight is 416 g/mol. The first-order valence-electron chi connectivity index (χ1n) is 10.3. The van der Waals surface area contributed by atoms with Crippen LogP contribution in [0.1, 0.15) is 23.7 Å². The molecule has 0 N–H and O–H groups in total. The van der Waals surface area contributed by atoms with Gasteiger partial charge in [0.25, 0.3) is 0 Å². The van der Waals surface area contributed by atoms with Crippen molar-refractivity contribution in [3.05, 3.63) is 94.9 Å².